The number of nitrogens with one attached hydrogen (secondary N) is 1. The molecule has 8 heteroatoms. The molecule has 1 aliphatic heterocycles. The topological polar surface area (TPSA) is 102 Å². The molecule has 0 aromatic carbocycles. The quantitative estimate of drug-likeness (QED) is 0.867. The van der Waals surface area contributed by atoms with Gasteiger partial charge in [0.1, 0.15) is 5.82 Å². The number of aryl methyl sites for hydroxylation is 1. The molecule has 1 saturated carbocycles. The van der Waals surface area contributed by atoms with E-state index < -0.39 is 0 Å². The number of carbonyl (C=O) groups excluding carboxylic acids is 1. The lowest BCUT2D eigenvalue weighted by Gasteiger charge is -2.32. The second-order valence-corrected chi connectivity index (χ2v) is 6.46. The van der Waals surface area contributed by atoms with E-state index in [9.17, 15) is 4.79 Å². The van der Waals surface area contributed by atoms with Gasteiger partial charge in [-0.05, 0) is 25.7 Å². The molecule has 0 atom stereocenters. The summed E-state index contributed by atoms with van der Waals surface area (Å²) in [5, 5.41) is 8.28. The number of anilines is 2. The van der Waals surface area contributed by atoms with Crippen LogP contribution in [0.3, 0.4) is 0 Å². The molecule has 2 aliphatic rings. The molecule has 1 saturated heterocycles. The molecular weight excluding hydrogens is 294 g/mol. The average molecular weight is 315 g/mol. The molecule has 3 heterocycles. The molecule has 0 unspecified atom stereocenters. The molecule has 8 nitrogen and oxygen atoms in total. The zero-order valence-corrected chi connectivity index (χ0v) is 13.2. The molecule has 0 radical (unpaired) electrons. The Balaban J connectivity index is 1.43. The summed E-state index contributed by atoms with van der Waals surface area (Å²) in [4.78, 5) is 22.9. The number of piperidine rings is 1. The first-order chi connectivity index (χ1) is 11.1. The number of nitrogen functional groups attached to an aromatic ring is 1. The fourth-order valence-corrected chi connectivity index (χ4v) is 3.12. The Hall–Kier alpha value is -2.38. The van der Waals surface area contributed by atoms with Gasteiger partial charge in [-0.1, -0.05) is 0 Å². The van der Waals surface area contributed by atoms with E-state index in [1.165, 1.54) is 0 Å². The number of likely N-dealkylation sites (tertiary alicyclic amines) is 1. The van der Waals surface area contributed by atoms with E-state index in [1.807, 2.05) is 11.9 Å². The standard InChI is InChI=1S/C15H21N7O/c1-21-13-11(8-17-21)12(16)19-15(20-13)18-10-4-6-22(7-5-10)14(23)9-2-3-9/h8-10H,2-7H2,1H3,(H3,16,18,19,20). The fraction of sp³-hybridized carbons (Fsp3) is 0.600. The van der Waals surface area contributed by atoms with E-state index >= 15 is 0 Å². The predicted octanol–water partition coefficient (Wildman–Crippen LogP) is 0.758. The van der Waals surface area contributed by atoms with Crippen molar-refractivity contribution >= 4 is 28.7 Å². The summed E-state index contributed by atoms with van der Waals surface area (Å²) in [6.45, 7) is 1.60. The van der Waals surface area contributed by atoms with Gasteiger partial charge in [0.15, 0.2) is 5.65 Å². The van der Waals surface area contributed by atoms with Crippen molar-refractivity contribution in [3.05, 3.63) is 6.20 Å². The maximum atomic E-state index is 12.1. The van der Waals surface area contributed by atoms with Gasteiger partial charge in [0.05, 0.1) is 11.6 Å². The van der Waals surface area contributed by atoms with E-state index in [2.05, 4.69) is 20.4 Å². The van der Waals surface area contributed by atoms with Crippen LogP contribution in [0.15, 0.2) is 6.20 Å². The van der Waals surface area contributed by atoms with Crippen LogP contribution >= 0.6 is 0 Å². The van der Waals surface area contributed by atoms with E-state index in [0.29, 0.717) is 23.6 Å². The van der Waals surface area contributed by atoms with Crippen LogP contribution in [0.4, 0.5) is 11.8 Å². The molecule has 1 amide bonds. The first kappa shape index (κ1) is 14.2. The normalized spacial score (nSPS) is 19.3. The molecule has 122 valence electrons. The Bertz CT molecular complexity index is 744. The number of amides is 1. The number of aromatic nitrogens is 4. The lowest BCUT2D eigenvalue weighted by Crippen LogP contribution is -2.43. The predicted molar refractivity (Wildman–Crippen MR) is 86.7 cm³/mol. The van der Waals surface area contributed by atoms with Crippen molar-refractivity contribution in [2.24, 2.45) is 13.0 Å². The van der Waals surface area contributed by atoms with Crippen LogP contribution in [0, 0.1) is 5.92 Å². The summed E-state index contributed by atoms with van der Waals surface area (Å²) in [6.07, 6.45) is 5.62. The fourth-order valence-electron chi connectivity index (χ4n) is 3.12. The Morgan fingerprint density at radius 2 is 2.00 bits per heavy atom. The highest BCUT2D eigenvalue weighted by Crippen LogP contribution is 2.32. The maximum Gasteiger partial charge on any atom is 0.226 e. The third kappa shape index (κ3) is 2.69. The van der Waals surface area contributed by atoms with Crippen LogP contribution in [0.1, 0.15) is 25.7 Å². The summed E-state index contributed by atoms with van der Waals surface area (Å²) in [5.41, 5.74) is 6.70. The monoisotopic (exact) mass is 315 g/mol. The lowest BCUT2D eigenvalue weighted by molar-refractivity contribution is -0.133. The third-order valence-electron chi connectivity index (χ3n) is 4.69. The van der Waals surface area contributed by atoms with Crippen LogP contribution in [0.2, 0.25) is 0 Å². The van der Waals surface area contributed by atoms with Gasteiger partial charge in [-0.3, -0.25) is 9.48 Å². The van der Waals surface area contributed by atoms with E-state index in [-0.39, 0.29) is 6.04 Å². The number of fused-ring (bicyclic) bond motifs is 1. The van der Waals surface area contributed by atoms with Crippen LogP contribution in [-0.4, -0.2) is 49.7 Å². The zero-order chi connectivity index (χ0) is 16.0. The van der Waals surface area contributed by atoms with Gasteiger partial charge in [-0.2, -0.15) is 15.1 Å². The first-order valence-corrected chi connectivity index (χ1v) is 8.12. The third-order valence-corrected chi connectivity index (χ3v) is 4.69. The van der Waals surface area contributed by atoms with Gasteiger partial charge in [-0.25, -0.2) is 0 Å². The number of carbonyl (C=O) groups is 1. The summed E-state index contributed by atoms with van der Waals surface area (Å²) in [6, 6.07) is 0.267. The van der Waals surface area contributed by atoms with E-state index in [4.69, 9.17) is 5.73 Å². The summed E-state index contributed by atoms with van der Waals surface area (Å²) in [5.74, 6) is 1.60. The SMILES string of the molecule is Cn1ncc2c(N)nc(NC3CCN(C(=O)C4CC4)CC3)nc21. The smallest absolute Gasteiger partial charge is 0.226 e. The van der Waals surface area contributed by atoms with Gasteiger partial charge >= 0.3 is 0 Å². The van der Waals surface area contributed by atoms with E-state index in [0.717, 1.165) is 49.8 Å². The largest absolute Gasteiger partial charge is 0.383 e. The summed E-state index contributed by atoms with van der Waals surface area (Å²) >= 11 is 0. The highest BCUT2D eigenvalue weighted by molar-refractivity contribution is 5.86. The molecule has 3 N–H and O–H groups in total. The number of hydrogen-bond donors (Lipinski definition) is 2. The zero-order valence-electron chi connectivity index (χ0n) is 13.2. The average Bonchev–Trinajstić information content (AvgIpc) is 3.32. The number of rotatable bonds is 3. The van der Waals surface area contributed by atoms with Crippen LogP contribution in [0.5, 0.6) is 0 Å². The van der Waals surface area contributed by atoms with Crippen molar-refractivity contribution in [1.29, 1.82) is 0 Å². The maximum absolute atomic E-state index is 12.1. The molecule has 0 spiro atoms. The molecule has 1 aliphatic carbocycles. The van der Waals surface area contributed by atoms with Crippen LogP contribution in [0.25, 0.3) is 11.0 Å². The number of nitrogens with zero attached hydrogens (tertiary/aromatic N) is 5. The molecule has 2 aromatic rings. The minimum absolute atomic E-state index is 0.267. The Morgan fingerprint density at radius 1 is 1.26 bits per heavy atom. The van der Waals surface area contributed by atoms with Crippen molar-refractivity contribution in [2.75, 3.05) is 24.1 Å². The highest BCUT2D eigenvalue weighted by Gasteiger charge is 2.34. The van der Waals surface area contributed by atoms with Crippen LogP contribution in [-0.2, 0) is 11.8 Å². The second kappa shape index (κ2) is 5.36. The van der Waals surface area contributed by atoms with E-state index in [1.54, 1.807) is 10.9 Å². The molecule has 2 aromatic heterocycles. The van der Waals surface area contributed by atoms with Gasteiger partial charge in [0.25, 0.3) is 0 Å². The van der Waals surface area contributed by atoms with Gasteiger partial charge in [0.2, 0.25) is 11.9 Å². The van der Waals surface area contributed by atoms with Crippen molar-refractivity contribution in [1.82, 2.24) is 24.6 Å². The van der Waals surface area contributed by atoms with Crippen molar-refractivity contribution in [3.63, 3.8) is 0 Å². The molecule has 2 fully saturated rings. The number of nitrogens with two attached hydrogens (primary N) is 1. The van der Waals surface area contributed by atoms with Crippen molar-refractivity contribution in [2.45, 2.75) is 31.7 Å². The molecular formula is C15H21N7O. The minimum atomic E-state index is 0.267. The summed E-state index contributed by atoms with van der Waals surface area (Å²) in [7, 11) is 1.83. The lowest BCUT2D eigenvalue weighted by atomic mass is 10.0. The Morgan fingerprint density at radius 3 is 2.70 bits per heavy atom. The second-order valence-electron chi connectivity index (χ2n) is 6.46. The molecule has 0 bridgehead atoms. The van der Waals surface area contributed by atoms with Gasteiger partial charge in [-0.15, -0.1) is 0 Å². The Labute approximate surface area is 134 Å². The first-order valence-electron chi connectivity index (χ1n) is 8.12. The Kier molecular flexibility index (Phi) is 3.32. The van der Waals surface area contributed by atoms with Crippen LogP contribution < -0.4 is 11.1 Å². The van der Waals surface area contributed by atoms with Gasteiger partial charge < -0.3 is 16.0 Å². The highest BCUT2D eigenvalue weighted by atomic mass is 16.2. The summed E-state index contributed by atoms with van der Waals surface area (Å²) < 4.78 is 1.69. The molecule has 23 heavy (non-hydrogen) atoms. The van der Waals surface area contributed by atoms with Crippen molar-refractivity contribution in [3.8, 4) is 0 Å². The number of hydrogen-bond acceptors (Lipinski definition) is 6. The van der Waals surface area contributed by atoms with Crippen molar-refractivity contribution < 1.29 is 4.79 Å². The van der Waals surface area contributed by atoms with Gasteiger partial charge in [0, 0.05) is 32.1 Å². The minimum Gasteiger partial charge on any atom is -0.383 e. The molecule has 4 rings (SSSR count).